The van der Waals surface area contributed by atoms with Crippen LogP contribution in [0, 0.1) is 0 Å². The number of aromatic nitrogens is 2. The fraction of sp³-hybridized carbons (Fsp3) is 0.692. The van der Waals surface area contributed by atoms with Gasteiger partial charge in [0.05, 0.1) is 23.8 Å². The Labute approximate surface area is 107 Å². The van der Waals surface area contributed by atoms with E-state index < -0.39 is 0 Å². The lowest BCUT2D eigenvalue weighted by molar-refractivity contribution is -0.136. The second kappa shape index (κ2) is 4.09. The van der Waals surface area contributed by atoms with Gasteiger partial charge in [0.1, 0.15) is 0 Å². The Balaban J connectivity index is 1.75. The van der Waals surface area contributed by atoms with Crippen molar-refractivity contribution in [2.75, 3.05) is 6.54 Å². The van der Waals surface area contributed by atoms with Crippen LogP contribution in [0.2, 0.25) is 0 Å². The molecule has 1 amide bonds. The molecule has 0 aromatic carbocycles. The third-order valence-corrected chi connectivity index (χ3v) is 4.20. The van der Waals surface area contributed by atoms with Crippen molar-refractivity contribution in [2.45, 2.75) is 51.2 Å². The lowest BCUT2D eigenvalue weighted by Crippen LogP contribution is -2.53. The van der Waals surface area contributed by atoms with E-state index in [1.165, 1.54) is 0 Å². The number of amides is 1. The minimum Gasteiger partial charge on any atom is -0.347 e. The highest BCUT2D eigenvalue weighted by Crippen LogP contribution is 2.29. The van der Waals surface area contributed by atoms with E-state index in [1.807, 2.05) is 4.90 Å². The molecule has 0 bridgehead atoms. The molecule has 1 unspecified atom stereocenters. The molecule has 0 aliphatic carbocycles. The van der Waals surface area contributed by atoms with Gasteiger partial charge < -0.3 is 9.88 Å². The van der Waals surface area contributed by atoms with Crippen molar-refractivity contribution in [3.05, 3.63) is 17.7 Å². The summed E-state index contributed by atoms with van der Waals surface area (Å²) in [6.45, 7) is 5.90. The van der Waals surface area contributed by atoms with Crippen LogP contribution in [0.5, 0.6) is 0 Å². The summed E-state index contributed by atoms with van der Waals surface area (Å²) in [7, 11) is 0. The second-order valence-corrected chi connectivity index (χ2v) is 5.87. The number of carbonyl (C=O) groups is 1. The molecule has 1 atom stereocenters. The molecular weight excluding hydrogens is 228 g/mol. The number of hydrogen-bond donors (Lipinski definition) is 2. The zero-order chi connectivity index (χ0) is 12.8. The molecule has 1 aromatic rings. The summed E-state index contributed by atoms with van der Waals surface area (Å²) in [6.07, 6.45) is 4.61. The number of hydrogen-bond acceptors (Lipinski definition) is 3. The lowest BCUT2D eigenvalue weighted by atomic mass is 9.99. The first-order chi connectivity index (χ1) is 8.58. The van der Waals surface area contributed by atoms with Crippen LogP contribution in [-0.4, -0.2) is 38.9 Å². The van der Waals surface area contributed by atoms with Crippen LogP contribution in [-0.2, 0) is 17.8 Å². The first kappa shape index (κ1) is 11.7. The summed E-state index contributed by atoms with van der Waals surface area (Å²) in [5.74, 6) is 0.228. The molecule has 1 saturated heterocycles. The Bertz CT molecular complexity index is 465. The molecule has 98 valence electrons. The Hall–Kier alpha value is -1.36. The number of imidazole rings is 1. The van der Waals surface area contributed by atoms with Crippen molar-refractivity contribution >= 4 is 5.91 Å². The average Bonchev–Trinajstić information content (AvgIpc) is 2.92. The number of nitrogens with one attached hydrogen (secondary N) is 2. The summed E-state index contributed by atoms with van der Waals surface area (Å²) in [4.78, 5) is 22.0. The van der Waals surface area contributed by atoms with Crippen molar-refractivity contribution < 1.29 is 4.79 Å². The maximum atomic E-state index is 12.6. The van der Waals surface area contributed by atoms with Crippen LogP contribution in [0.1, 0.15) is 38.1 Å². The van der Waals surface area contributed by atoms with Gasteiger partial charge in [-0.05, 0) is 26.7 Å². The van der Waals surface area contributed by atoms with Gasteiger partial charge in [-0.1, -0.05) is 0 Å². The molecule has 5 heteroatoms. The smallest absolute Gasteiger partial charge is 0.240 e. The van der Waals surface area contributed by atoms with Crippen LogP contribution in [0.15, 0.2) is 6.33 Å². The molecule has 0 saturated carbocycles. The van der Waals surface area contributed by atoms with E-state index in [1.54, 1.807) is 6.33 Å². The Morgan fingerprint density at radius 1 is 1.56 bits per heavy atom. The van der Waals surface area contributed by atoms with Gasteiger partial charge in [-0.25, -0.2) is 4.98 Å². The molecule has 2 N–H and O–H groups in total. The lowest BCUT2D eigenvalue weighted by Gasteiger charge is -2.35. The fourth-order valence-electron chi connectivity index (χ4n) is 3.05. The summed E-state index contributed by atoms with van der Waals surface area (Å²) in [5.41, 5.74) is 2.15. The number of rotatable bonds is 1. The van der Waals surface area contributed by atoms with Crippen molar-refractivity contribution in [1.82, 2.24) is 20.2 Å². The number of aromatic amines is 1. The highest BCUT2D eigenvalue weighted by atomic mass is 16.2. The molecule has 0 radical (unpaired) electrons. The standard InChI is InChI=1S/C13H20N4O/c1-13(2)4-3-5-17(13)12(18)10-6-9-11(7-14-10)16-8-15-9/h8,10,14H,3-7H2,1-2H3,(H,15,16). The Morgan fingerprint density at radius 2 is 2.39 bits per heavy atom. The van der Waals surface area contributed by atoms with E-state index in [0.717, 1.165) is 30.8 Å². The third-order valence-electron chi connectivity index (χ3n) is 4.20. The van der Waals surface area contributed by atoms with Crippen LogP contribution < -0.4 is 5.32 Å². The molecule has 3 rings (SSSR count). The van der Waals surface area contributed by atoms with Crippen molar-refractivity contribution in [3.63, 3.8) is 0 Å². The molecule has 1 aromatic heterocycles. The predicted octanol–water partition coefficient (Wildman–Crippen LogP) is 0.825. The Kier molecular flexibility index (Phi) is 2.66. The third kappa shape index (κ3) is 1.82. The van der Waals surface area contributed by atoms with Gasteiger partial charge >= 0.3 is 0 Å². The summed E-state index contributed by atoms with van der Waals surface area (Å²) >= 11 is 0. The molecule has 18 heavy (non-hydrogen) atoms. The zero-order valence-corrected chi connectivity index (χ0v) is 11.0. The predicted molar refractivity (Wildman–Crippen MR) is 67.9 cm³/mol. The van der Waals surface area contributed by atoms with Crippen molar-refractivity contribution in [3.8, 4) is 0 Å². The van der Waals surface area contributed by atoms with Gasteiger partial charge in [0.25, 0.3) is 0 Å². The van der Waals surface area contributed by atoms with Gasteiger partial charge in [-0.15, -0.1) is 0 Å². The quantitative estimate of drug-likeness (QED) is 0.773. The largest absolute Gasteiger partial charge is 0.347 e. The van der Waals surface area contributed by atoms with E-state index >= 15 is 0 Å². The highest BCUT2D eigenvalue weighted by molar-refractivity contribution is 5.83. The molecule has 3 heterocycles. The van der Waals surface area contributed by atoms with Crippen LogP contribution >= 0.6 is 0 Å². The van der Waals surface area contributed by atoms with Crippen LogP contribution in [0.4, 0.5) is 0 Å². The van der Waals surface area contributed by atoms with Crippen molar-refractivity contribution in [2.24, 2.45) is 0 Å². The van der Waals surface area contributed by atoms with E-state index in [2.05, 4.69) is 29.1 Å². The van der Waals surface area contributed by atoms with E-state index in [9.17, 15) is 4.79 Å². The first-order valence-electron chi connectivity index (χ1n) is 6.64. The highest BCUT2D eigenvalue weighted by Gasteiger charge is 2.39. The minimum atomic E-state index is -0.113. The van der Waals surface area contributed by atoms with Gasteiger partial charge in [0, 0.05) is 25.0 Å². The second-order valence-electron chi connectivity index (χ2n) is 5.87. The monoisotopic (exact) mass is 248 g/mol. The maximum Gasteiger partial charge on any atom is 0.240 e. The molecule has 2 aliphatic heterocycles. The average molecular weight is 248 g/mol. The van der Waals surface area contributed by atoms with Gasteiger partial charge in [-0.3, -0.25) is 10.1 Å². The number of likely N-dealkylation sites (tertiary alicyclic amines) is 1. The summed E-state index contributed by atoms with van der Waals surface area (Å²) in [6, 6.07) is -0.113. The van der Waals surface area contributed by atoms with Gasteiger partial charge in [0.2, 0.25) is 5.91 Å². The molecule has 1 fully saturated rings. The number of nitrogens with zero attached hydrogens (tertiary/aromatic N) is 2. The van der Waals surface area contributed by atoms with Gasteiger partial charge in [-0.2, -0.15) is 0 Å². The molecule has 0 spiro atoms. The molecule has 2 aliphatic rings. The normalized spacial score (nSPS) is 26.1. The van der Waals surface area contributed by atoms with Crippen molar-refractivity contribution in [1.29, 1.82) is 0 Å². The topological polar surface area (TPSA) is 61.0 Å². The summed E-state index contributed by atoms with van der Waals surface area (Å²) < 4.78 is 0. The van der Waals surface area contributed by atoms with Gasteiger partial charge in [0.15, 0.2) is 0 Å². The van der Waals surface area contributed by atoms with Crippen LogP contribution in [0.25, 0.3) is 0 Å². The first-order valence-corrected chi connectivity index (χ1v) is 6.64. The fourth-order valence-corrected chi connectivity index (χ4v) is 3.05. The zero-order valence-electron chi connectivity index (χ0n) is 11.0. The Morgan fingerprint density at radius 3 is 3.11 bits per heavy atom. The summed E-state index contributed by atoms with van der Waals surface area (Å²) in [5, 5.41) is 3.31. The minimum absolute atomic E-state index is 0.00458. The number of carbonyl (C=O) groups excluding carboxylic acids is 1. The number of H-pyrrole nitrogens is 1. The maximum absolute atomic E-state index is 12.6. The van der Waals surface area contributed by atoms with E-state index in [4.69, 9.17) is 0 Å². The molecule has 5 nitrogen and oxygen atoms in total. The van der Waals surface area contributed by atoms with E-state index in [0.29, 0.717) is 13.0 Å². The number of fused-ring (bicyclic) bond motifs is 1. The van der Waals surface area contributed by atoms with Crippen LogP contribution in [0.3, 0.4) is 0 Å². The SMILES string of the molecule is CC1(C)CCCN1C(=O)C1Cc2nc[nH]c2CN1. The molecular formula is C13H20N4O. The van der Waals surface area contributed by atoms with E-state index in [-0.39, 0.29) is 17.5 Å².